The molecule has 2 rings (SSSR count). The topological polar surface area (TPSA) is 98.4 Å². The predicted octanol–water partition coefficient (Wildman–Crippen LogP) is 2.30. The Hall–Kier alpha value is -2.61. The van der Waals surface area contributed by atoms with Gasteiger partial charge in [-0.25, -0.2) is 15.0 Å². The highest BCUT2D eigenvalue weighted by atomic mass is 19.1. The van der Waals surface area contributed by atoms with E-state index in [4.69, 9.17) is 10.6 Å². The van der Waals surface area contributed by atoms with E-state index in [0.29, 0.717) is 30.5 Å². The van der Waals surface area contributed by atoms with Gasteiger partial charge in [0, 0.05) is 30.2 Å². The minimum atomic E-state index is -0.546. The van der Waals surface area contributed by atoms with Gasteiger partial charge >= 0.3 is 6.09 Å². The molecule has 0 saturated heterocycles. The van der Waals surface area contributed by atoms with Crippen LogP contribution in [0.2, 0.25) is 0 Å². The zero-order chi connectivity index (χ0) is 18.6. The molecule has 25 heavy (non-hydrogen) atoms. The monoisotopic (exact) mass is 350 g/mol. The average Bonchev–Trinajstić information content (AvgIpc) is 2.87. The first kappa shape index (κ1) is 18.7. The van der Waals surface area contributed by atoms with Gasteiger partial charge in [0.25, 0.3) is 5.91 Å². The van der Waals surface area contributed by atoms with Crippen LogP contribution in [0.25, 0.3) is 10.9 Å². The van der Waals surface area contributed by atoms with Gasteiger partial charge in [-0.1, -0.05) is 0 Å². The molecule has 0 unspecified atom stereocenters. The molecule has 0 bridgehead atoms. The number of aryl methyl sites for hydroxylation is 1. The molecule has 1 aromatic carbocycles. The number of fused-ring (bicyclic) bond motifs is 1. The normalized spacial score (nSPS) is 11.4. The molecule has 1 heterocycles. The quantitative estimate of drug-likeness (QED) is 0.333. The van der Waals surface area contributed by atoms with Crippen LogP contribution in [0.1, 0.15) is 37.6 Å². The summed E-state index contributed by atoms with van der Waals surface area (Å²) in [5.41, 5.74) is 2.54. The van der Waals surface area contributed by atoms with Crippen LogP contribution < -0.4 is 16.6 Å². The third-order valence-corrected chi connectivity index (χ3v) is 3.46. The number of aromatic nitrogens is 1. The third kappa shape index (κ3) is 4.93. The summed E-state index contributed by atoms with van der Waals surface area (Å²) in [6.45, 7) is 6.33. The fourth-order valence-corrected chi connectivity index (χ4v) is 2.47. The van der Waals surface area contributed by atoms with Crippen molar-refractivity contribution in [2.45, 2.75) is 39.3 Å². The van der Waals surface area contributed by atoms with Gasteiger partial charge in [0.1, 0.15) is 11.4 Å². The van der Waals surface area contributed by atoms with E-state index in [9.17, 15) is 14.0 Å². The average molecular weight is 350 g/mol. The van der Waals surface area contributed by atoms with Crippen molar-refractivity contribution in [3.8, 4) is 0 Å². The first-order chi connectivity index (χ1) is 11.7. The molecule has 7 nitrogen and oxygen atoms in total. The number of carbonyl (C=O) groups excluding carboxylic acids is 2. The molecule has 2 aromatic rings. The summed E-state index contributed by atoms with van der Waals surface area (Å²) in [6.07, 6.45) is 1.76. The number of nitrogen functional groups attached to an aromatic ring is 1. The van der Waals surface area contributed by atoms with E-state index < -0.39 is 23.4 Å². The van der Waals surface area contributed by atoms with Crippen molar-refractivity contribution in [2.24, 2.45) is 5.84 Å². The number of nitrogens with two attached hydrogens (primary N) is 1. The van der Waals surface area contributed by atoms with Crippen molar-refractivity contribution in [1.82, 2.24) is 15.3 Å². The van der Waals surface area contributed by atoms with E-state index in [1.165, 1.54) is 12.1 Å². The Labute approximate surface area is 145 Å². The van der Waals surface area contributed by atoms with Crippen LogP contribution in [0.15, 0.2) is 24.4 Å². The van der Waals surface area contributed by atoms with Gasteiger partial charge in [-0.2, -0.15) is 0 Å². The second-order valence-corrected chi connectivity index (χ2v) is 6.65. The highest BCUT2D eigenvalue weighted by molar-refractivity contribution is 6.06. The number of alkyl carbamates (subject to hydrolysis) is 1. The molecule has 0 aliphatic heterocycles. The number of hydrogen-bond donors (Lipinski definition) is 3. The van der Waals surface area contributed by atoms with Crippen molar-refractivity contribution in [1.29, 1.82) is 0 Å². The molecule has 0 aliphatic carbocycles. The van der Waals surface area contributed by atoms with Crippen LogP contribution in [0.5, 0.6) is 0 Å². The highest BCUT2D eigenvalue weighted by Gasteiger charge is 2.16. The summed E-state index contributed by atoms with van der Waals surface area (Å²) in [7, 11) is 0. The molecule has 0 fully saturated rings. The first-order valence-electron chi connectivity index (χ1n) is 7.97. The lowest BCUT2D eigenvalue weighted by Gasteiger charge is -2.19. The summed E-state index contributed by atoms with van der Waals surface area (Å²) in [4.78, 5) is 23.5. The van der Waals surface area contributed by atoms with Crippen molar-refractivity contribution in [3.63, 3.8) is 0 Å². The number of benzene rings is 1. The maximum absolute atomic E-state index is 13.5. The van der Waals surface area contributed by atoms with Crippen molar-refractivity contribution in [2.75, 3.05) is 6.54 Å². The van der Waals surface area contributed by atoms with E-state index in [0.717, 1.165) is 5.52 Å². The lowest BCUT2D eigenvalue weighted by molar-refractivity contribution is 0.0526. The zero-order valence-corrected chi connectivity index (χ0v) is 14.6. The zero-order valence-electron chi connectivity index (χ0n) is 14.6. The van der Waals surface area contributed by atoms with Crippen molar-refractivity contribution in [3.05, 3.63) is 35.8 Å². The van der Waals surface area contributed by atoms with E-state index in [-0.39, 0.29) is 0 Å². The second-order valence-electron chi connectivity index (χ2n) is 6.65. The fourth-order valence-electron chi connectivity index (χ4n) is 2.47. The maximum atomic E-state index is 13.5. The Morgan fingerprint density at radius 3 is 2.68 bits per heavy atom. The standard InChI is InChI=1S/C17H23FN4O3/c1-17(2,3)25-16(24)20-7-4-8-22-10-13(15(23)21-19)12-9-11(18)5-6-14(12)22/h5-6,9-10H,4,7-8,19H2,1-3H3,(H,20,24)(H,21,23). The number of nitrogens with one attached hydrogen (secondary N) is 2. The molecular weight excluding hydrogens is 327 g/mol. The van der Waals surface area contributed by atoms with Crippen molar-refractivity contribution < 1.29 is 18.7 Å². The van der Waals surface area contributed by atoms with Gasteiger partial charge in [-0.05, 0) is 45.4 Å². The van der Waals surface area contributed by atoms with E-state index in [1.54, 1.807) is 33.0 Å². The van der Waals surface area contributed by atoms with Crippen LogP contribution in [0, 0.1) is 5.82 Å². The van der Waals surface area contributed by atoms with Crippen molar-refractivity contribution >= 4 is 22.9 Å². The Bertz CT molecular complexity index is 780. The number of carbonyl (C=O) groups is 2. The van der Waals surface area contributed by atoms with Gasteiger partial charge in [0.15, 0.2) is 0 Å². The predicted molar refractivity (Wildman–Crippen MR) is 92.4 cm³/mol. The number of rotatable bonds is 5. The largest absolute Gasteiger partial charge is 0.444 e. The Balaban J connectivity index is 2.04. The number of ether oxygens (including phenoxy) is 1. The van der Waals surface area contributed by atoms with Gasteiger partial charge < -0.3 is 14.6 Å². The number of hydrazine groups is 1. The molecule has 0 saturated carbocycles. The molecule has 0 atom stereocenters. The minimum absolute atomic E-state index is 0.303. The molecule has 0 radical (unpaired) electrons. The molecule has 8 heteroatoms. The summed E-state index contributed by atoms with van der Waals surface area (Å²) in [5, 5.41) is 3.16. The third-order valence-electron chi connectivity index (χ3n) is 3.46. The Morgan fingerprint density at radius 1 is 1.32 bits per heavy atom. The van der Waals surface area contributed by atoms with Gasteiger partial charge in [-0.15, -0.1) is 0 Å². The fraction of sp³-hybridized carbons (Fsp3) is 0.412. The number of hydrogen-bond acceptors (Lipinski definition) is 4. The SMILES string of the molecule is CC(C)(C)OC(=O)NCCCn1cc(C(=O)NN)c2cc(F)ccc21. The van der Waals surface area contributed by atoms with Crippen LogP contribution in [0.4, 0.5) is 9.18 Å². The summed E-state index contributed by atoms with van der Waals surface area (Å²) >= 11 is 0. The van der Waals surface area contributed by atoms with Gasteiger partial charge in [-0.3, -0.25) is 10.2 Å². The molecule has 0 spiro atoms. The summed E-state index contributed by atoms with van der Waals surface area (Å²) in [6, 6.07) is 4.25. The molecule has 4 N–H and O–H groups in total. The number of amides is 2. The van der Waals surface area contributed by atoms with Crippen LogP contribution in [-0.2, 0) is 11.3 Å². The Kier molecular flexibility index (Phi) is 5.63. The lowest BCUT2D eigenvalue weighted by Crippen LogP contribution is -2.33. The molecule has 136 valence electrons. The van der Waals surface area contributed by atoms with Crippen LogP contribution in [-0.4, -0.2) is 28.7 Å². The lowest BCUT2D eigenvalue weighted by atomic mass is 10.1. The summed E-state index contributed by atoms with van der Waals surface area (Å²) in [5.74, 6) is 4.27. The van der Waals surface area contributed by atoms with Gasteiger partial charge in [0.05, 0.1) is 5.56 Å². The molecular formula is C17H23FN4O3. The number of nitrogens with zero attached hydrogens (tertiary/aromatic N) is 1. The van der Waals surface area contributed by atoms with E-state index >= 15 is 0 Å². The second kappa shape index (κ2) is 7.52. The van der Waals surface area contributed by atoms with Gasteiger partial charge in [0.2, 0.25) is 0 Å². The maximum Gasteiger partial charge on any atom is 0.407 e. The summed E-state index contributed by atoms with van der Waals surface area (Å²) < 4.78 is 20.5. The van der Waals surface area contributed by atoms with Crippen LogP contribution >= 0.6 is 0 Å². The molecule has 0 aliphatic rings. The highest BCUT2D eigenvalue weighted by Crippen LogP contribution is 2.23. The molecule has 1 aromatic heterocycles. The minimum Gasteiger partial charge on any atom is -0.444 e. The molecule has 2 amide bonds. The van der Waals surface area contributed by atoms with Crippen LogP contribution in [0.3, 0.4) is 0 Å². The Morgan fingerprint density at radius 2 is 2.04 bits per heavy atom. The van der Waals surface area contributed by atoms with E-state index in [2.05, 4.69) is 10.7 Å². The first-order valence-corrected chi connectivity index (χ1v) is 7.97. The van der Waals surface area contributed by atoms with E-state index in [1.807, 2.05) is 4.57 Å². The number of halogens is 1. The smallest absolute Gasteiger partial charge is 0.407 e.